The van der Waals surface area contributed by atoms with Crippen molar-refractivity contribution < 1.29 is 22.2 Å². The molecule has 0 atom stereocenters. The highest BCUT2D eigenvalue weighted by Gasteiger charge is 2.22. The van der Waals surface area contributed by atoms with E-state index in [1.165, 1.54) is 6.07 Å². The molecule has 194 valence electrons. The minimum atomic E-state index is -4.07. The van der Waals surface area contributed by atoms with Gasteiger partial charge in [0.2, 0.25) is 0 Å². The lowest BCUT2D eigenvalue weighted by Crippen LogP contribution is -2.27. The normalized spacial score (nSPS) is 11.2. The molecule has 10 heteroatoms. The summed E-state index contributed by atoms with van der Waals surface area (Å²) >= 11 is 1.56. The summed E-state index contributed by atoms with van der Waals surface area (Å²) in [6.07, 6.45) is 0.797. The van der Waals surface area contributed by atoms with Crippen molar-refractivity contribution in [1.82, 2.24) is 5.32 Å². The van der Waals surface area contributed by atoms with E-state index in [4.69, 9.17) is 11.1 Å². The van der Waals surface area contributed by atoms with Gasteiger partial charge in [-0.05, 0) is 46.9 Å². The Kier molecular flexibility index (Phi) is 9.12. The Balaban J connectivity index is 1.98. The number of thioether (sulfide) groups is 1. The van der Waals surface area contributed by atoms with Crippen LogP contribution in [0.4, 0.5) is 0 Å². The van der Waals surface area contributed by atoms with Gasteiger partial charge in [-0.15, -0.1) is 11.8 Å². The number of nitrogen functional groups attached to an aromatic ring is 1. The van der Waals surface area contributed by atoms with Crippen LogP contribution in [0.2, 0.25) is 0 Å². The molecule has 3 aromatic rings. The van der Waals surface area contributed by atoms with Crippen molar-refractivity contribution in [2.45, 2.75) is 24.5 Å². The van der Waals surface area contributed by atoms with E-state index in [-0.39, 0.29) is 28.8 Å². The summed E-state index contributed by atoms with van der Waals surface area (Å²) in [4.78, 5) is 26.5. The van der Waals surface area contributed by atoms with E-state index in [1.807, 2.05) is 50.2 Å². The molecule has 0 unspecified atom stereocenters. The highest BCUT2D eigenvalue weighted by Crippen LogP contribution is 2.33. The van der Waals surface area contributed by atoms with E-state index in [9.17, 15) is 18.0 Å². The number of benzene rings is 3. The van der Waals surface area contributed by atoms with E-state index >= 15 is 0 Å². The van der Waals surface area contributed by atoms with Gasteiger partial charge < -0.3 is 15.2 Å². The average molecular weight is 540 g/mol. The summed E-state index contributed by atoms with van der Waals surface area (Å²) in [6, 6.07) is 19.4. The summed E-state index contributed by atoms with van der Waals surface area (Å²) in [5.41, 5.74) is 8.43. The maximum atomic E-state index is 12.9. The van der Waals surface area contributed by atoms with E-state index in [0.29, 0.717) is 29.0 Å². The molecule has 3 rings (SSSR count). The molecule has 0 aliphatic carbocycles. The van der Waals surface area contributed by atoms with Crippen molar-refractivity contribution in [3.8, 4) is 11.1 Å². The summed E-state index contributed by atoms with van der Waals surface area (Å²) < 4.78 is 28.1. The second-order valence-electron chi connectivity index (χ2n) is 8.82. The fraction of sp³-hybridized carbons (Fsp3) is 0.222. The number of amides is 1. The summed E-state index contributed by atoms with van der Waals surface area (Å²) in [5, 5.41) is 10.3. The third kappa shape index (κ3) is 7.93. The fourth-order valence-electron chi connectivity index (χ4n) is 3.47. The third-order valence-corrected chi connectivity index (χ3v) is 6.78. The average Bonchev–Trinajstić information content (AvgIpc) is 2.85. The summed E-state index contributed by atoms with van der Waals surface area (Å²) in [7, 11) is -4.07. The molecule has 0 aliphatic heterocycles. The molecule has 37 heavy (non-hydrogen) atoms. The number of carbonyl (C=O) groups excluding carboxylic acids is 2. The third-order valence-electron chi connectivity index (χ3n) is 5.27. The summed E-state index contributed by atoms with van der Waals surface area (Å²) in [6.45, 7) is 4.38. The number of rotatable bonds is 10. The maximum absolute atomic E-state index is 12.9. The molecule has 1 amide bonds. The molecule has 8 nitrogen and oxygen atoms in total. The van der Waals surface area contributed by atoms with Gasteiger partial charge in [-0.3, -0.25) is 10.2 Å². The highest BCUT2D eigenvalue weighted by atomic mass is 32.2. The zero-order valence-corrected chi connectivity index (χ0v) is 22.4. The van der Waals surface area contributed by atoms with Crippen LogP contribution in [0.15, 0.2) is 71.6 Å². The summed E-state index contributed by atoms with van der Waals surface area (Å²) in [5.74, 6) is -0.644. The lowest BCUT2D eigenvalue weighted by molar-refractivity contribution is 0.0749. The minimum Gasteiger partial charge on any atom is -0.384 e. The van der Waals surface area contributed by atoms with Crippen molar-refractivity contribution in [2.24, 2.45) is 11.7 Å². The number of nitrogens with two attached hydrogens (primary N) is 1. The van der Waals surface area contributed by atoms with Crippen LogP contribution in [0.25, 0.3) is 11.1 Å². The standard InChI is InChI=1S/C27H29N3O5S2/c1-17(2)15-30-26(31)19-10-13-23(24(14-19)27(32)35-37(3,33)34)22-7-5-4-6-20(22)16-36-21-11-8-18(9-12-21)25(28)29/h4-14,17H,15-16H2,1-3H3,(H3,28,29)(H,30,31). The molecule has 0 saturated carbocycles. The molecule has 0 bridgehead atoms. The maximum Gasteiger partial charge on any atom is 0.354 e. The van der Waals surface area contributed by atoms with Crippen molar-refractivity contribution in [2.75, 3.05) is 12.8 Å². The van der Waals surface area contributed by atoms with E-state index in [2.05, 4.69) is 9.50 Å². The van der Waals surface area contributed by atoms with Gasteiger partial charge in [-0.1, -0.05) is 56.3 Å². The predicted octanol–water partition coefficient (Wildman–Crippen LogP) is 4.43. The van der Waals surface area contributed by atoms with Crippen molar-refractivity contribution in [1.29, 1.82) is 5.41 Å². The fourth-order valence-corrected chi connectivity index (χ4v) is 4.74. The topological polar surface area (TPSA) is 139 Å². The molecular formula is C27H29N3O5S2. The van der Waals surface area contributed by atoms with Crippen molar-refractivity contribution >= 4 is 39.6 Å². The number of carbonyl (C=O) groups is 2. The quantitative estimate of drug-likeness (QED) is 0.150. The first-order chi connectivity index (χ1) is 17.4. The molecule has 0 aliphatic rings. The molecule has 4 N–H and O–H groups in total. The zero-order valence-electron chi connectivity index (χ0n) is 20.8. The minimum absolute atomic E-state index is 0.00302. The lowest BCUT2D eigenvalue weighted by Gasteiger charge is -2.15. The van der Waals surface area contributed by atoms with Gasteiger partial charge in [-0.25, -0.2) is 4.79 Å². The van der Waals surface area contributed by atoms with Gasteiger partial charge in [0.25, 0.3) is 5.91 Å². The van der Waals surface area contributed by atoms with Gasteiger partial charge in [0, 0.05) is 28.3 Å². The molecule has 3 aromatic carbocycles. The second kappa shape index (κ2) is 12.1. The van der Waals surface area contributed by atoms with Crippen molar-refractivity contribution in [3.05, 3.63) is 89.0 Å². The second-order valence-corrected chi connectivity index (χ2v) is 11.4. The van der Waals surface area contributed by atoms with Gasteiger partial charge in [0.05, 0.1) is 11.8 Å². The van der Waals surface area contributed by atoms with Gasteiger partial charge in [0.15, 0.2) is 0 Å². The Labute approximate surface area is 221 Å². The molecule has 0 aromatic heterocycles. The predicted molar refractivity (Wildman–Crippen MR) is 146 cm³/mol. The van der Waals surface area contributed by atoms with E-state index in [0.717, 1.165) is 16.7 Å². The Morgan fingerprint density at radius 2 is 1.65 bits per heavy atom. The largest absolute Gasteiger partial charge is 0.384 e. The molecule has 0 radical (unpaired) electrons. The molecule has 0 spiro atoms. The van der Waals surface area contributed by atoms with Crippen LogP contribution in [0.1, 0.15) is 45.7 Å². The van der Waals surface area contributed by atoms with Crippen LogP contribution in [0.3, 0.4) is 0 Å². The number of hydrogen-bond acceptors (Lipinski definition) is 7. The molecular weight excluding hydrogens is 510 g/mol. The first-order valence-electron chi connectivity index (χ1n) is 11.5. The van der Waals surface area contributed by atoms with E-state index in [1.54, 1.807) is 36.0 Å². The first-order valence-corrected chi connectivity index (χ1v) is 14.3. The van der Waals surface area contributed by atoms with Crippen LogP contribution in [-0.2, 0) is 20.1 Å². The van der Waals surface area contributed by atoms with Crippen LogP contribution in [0, 0.1) is 11.3 Å². The van der Waals surface area contributed by atoms with Crippen LogP contribution in [0.5, 0.6) is 0 Å². The Bertz CT molecular complexity index is 1420. The first kappa shape index (κ1) is 27.9. The highest BCUT2D eigenvalue weighted by molar-refractivity contribution is 7.98. The van der Waals surface area contributed by atoms with Crippen LogP contribution in [-0.4, -0.2) is 38.9 Å². The monoisotopic (exact) mass is 539 g/mol. The molecule has 0 fully saturated rings. The van der Waals surface area contributed by atoms with Crippen LogP contribution >= 0.6 is 11.8 Å². The Morgan fingerprint density at radius 3 is 2.27 bits per heavy atom. The SMILES string of the molecule is CC(C)CNC(=O)c1ccc(-c2ccccc2CSc2ccc(C(=N)N)cc2)c(C(=O)OS(C)(=O)=O)c1. The van der Waals surface area contributed by atoms with Gasteiger partial charge >= 0.3 is 16.1 Å². The number of amidine groups is 1. The molecule has 0 heterocycles. The Morgan fingerprint density at radius 1 is 1.00 bits per heavy atom. The molecule has 0 saturated heterocycles. The van der Waals surface area contributed by atoms with Gasteiger partial charge in [0.1, 0.15) is 5.84 Å². The number of hydrogen-bond donors (Lipinski definition) is 3. The van der Waals surface area contributed by atoms with Gasteiger partial charge in [-0.2, -0.15) is 8.42 Å². The lowest BCUT2D eigenvalue weighted by atomic mass is 9.94. The van der Waals surface area contributed by atoms with Crippen molar-refractivity contribution in [3.63, 3.8) is 0 Å². The number of nitrogens with one attached hydrogen (secondary N) is 2. The van der Waals surface area contributed by atoms with Crippen LogP contribution < -0.4 is 11.1 Å². The van der Waals surface area contributed by atoms with E-state index < -0.39 is 16.1 Å². The smallest absolute Gasteiger partial charge is 0.354 e. The zero-order chi connectivity index (χ0) is 27.2. The Hall–Kier alpha value is -3.63.